The standard InChI is InChI=1S/C25H20N4O2/c1-2-7-17(8-3-1)23-25-24-19-9-5-4-6-16(19)10-11-28(24)14-18-12-21-22(31-15-30-21)13-20(18)29(25)27-26-23/h1-9,12-13,24H,10-11,14-15H2. The van der Waals surface area contributed by atoms with Crippen LogP contribution in [0.3, 0.4) is 0 Å². The Labute approximate surface area is 179 Å². The Balaban J connectivity index is 1.53. The molecular weight excluding hydrogens is 388 g/mol. The molecule has 3 aromatic carbocycles. The molecule has 1 aromatic heterocycles. The van der Waals surface area contributed by atoms with Crippen molar-refractivity contribution in [2.45, 2.75) is 19.0 Å². The maximum Gasteiger partial charge on any atom is 0.231 e. The van der Waals surface area contributed by atoms with Crippen LogP contribution in [0.4, 0.5) is 0 Å². The Morgan fingerprint density at radius 1 is 0.871 bits per heavy atom. The van der Waals surface area contributed by atoms with Crippen LogP contribution in [0.5, 0.6) is 11.5 Å². The number of fused-ring (bicyclic) bond motifs is 8. The van der Waals surface area contributed by atoms with Gasteiger partial charge in [0.2, 0.25) is 6.79 Å². The van der Waals surface area contributed by atoms with Gasteiger partial charge < -0.3 is 9.47 Å². The Morgan fingerprint density at radius 2 is 1.68 bits per heavy atom. The van der Waals surface area contributed by atoms with Gasteiger partial charge in [-0.2, -0.15) is 0 Å². The fourth-order valence-corrected chi connectivity index (χ4v) is 5.14. The van der Waals surface area contributed by atoms with Gasteiger partial charge in [-0.3, -0.25) is 4.90 Å². The zero-order valence-electron chi connectivity index (χ0n) is 16.9. The van der Waals surface area contributed by atoms with Crippen LogP contribution in [-0.2, 0) is 13.0 Å². The molecule has 0 fully saturated rings. The molecular formula is C25H20N4O2. The number of benzene rings is 3. The van der Waals surface area contributed by atoms with Crippen LogP contribution in [0.1, 0.15) is 28.4 Å². The summed E-state index contributed by atoms with van der Waals surface area (Å²) in [5.41, 5.74) is 8.04. The second kappa shape index (κ2) is 6.43. The molecule has 1 unspecified atom stereocenters. The van der Waals surface area contributed by atoms with E-state index in [9.17, 15) is 0 Å². The van der Waals surface area contributed by atoms with Crippen molar-refractivity contribution in [2.24, 2.45) is 0 Å². The quantitative estimate of drug-likeness (QED) is 0.474. The van der Waals surface area contributed by atoms with Gasteiger partial charge in [0.05, 0.1) is 17.4 Å². The van der Waals surface area contributed by atoms with Crippen molar-refractivity contribution in [3.05, 3.63) is 89.1 Å². The molecule has 6 heteroatoms. The molecule has 0 aliphatic carbocycles. The van der Waals surface area contributed by atoms with Crippen LogP contribution in [0.25, 0.3) is 16.9 Å². The highest BCUT2D eigenvalue weighted by molar-refractivity contribution is 5.66. The van der Waals surface area contributed by atoms with Crippen molar-refractivity contribution < 1.29 is 9.47 Å². The van der Waals surface area contributed by atoms with Gasteiger partial charge in [0.25, 0.3) is 0 Å². The van der Waals surface area contributed by atoms with Gasteiger partial charge in [-0.05, 0) is 29.2 Å². The summed E-state index contributed by atoms with van der Waals surface area (Å²) in [6, 6.07) is 23.3. The summed E-state index contributed by atoms with van der Waals surface area (Å²) in [5, 5.41) is 9.35. The highest BCUT2D eigenvalue weighted by Gasteiger charge is 2.38. The summed E-state index contributed by atoms with van der Waals surface area (Å²) in [5.74, 6) is 1.57. The van der Waals surface area contributed by atoms with E-state index in [4.69, 9.17) is 9.47 Å². The van der Waals surface area contributed by atoms with Crippen LogP contribution in [0.15, 0.2) is 66.7 Å². The zero-order valence-corrected chi connectivity index (χ0v) is 16.9. The van der Waals surface area contributed by atoms with E-state index >= 15 is 0 Å². The van der Waals surface area contributed by atoms with Crippen LogP contribution < -0.4 is 9.47 Å². The molecule has 0 radical (unpaired) electrons. The molecule has 152 valence electrons. The van der Waals surface area contributed by atoms with Crippen molar-refractivity contribution in [3.63, 3.8) is 0 Å². The van der Waals surface area contributed by atoms with Gasteiger partial charge in [-0.15, -0.1) is 5.10 Å². The largest absolute Gasteiger partial charge is 0.454 e. The van der Waals surface area contributed by atoms with E-state index in [1.54, 1.807) is 0 Å². The molecule has 0 N–H and O–H groups in total. The Morgan fingerprint density at radius 3 is 2.58 bits per heavy atom. The third kappa shape index (κ3) is 2.48. The fourth-order valence-electron chi connectivity index (χ4n) is 5.14. The minimum absolute atomic E-state index is 0.0826. The molecule has 3 aliphatic rings. The lowest BCUT2D eigenvalue weighted by molar-refractivity contribution is 0.173. The highest BCUT2D eigenvalue weighted by Crippen LogP contribution is 2.45. The van der Waals surface area contributed by atoms with Crippen molar-refractivity contribution in [1.29, 1.82) is 0 Å². The minimum atomic E-state index is 0.0826. The fraction of sp³-hybridized carbons (Fsp3) is 0.200. The molecule has 0 saturated heterocycles. The molecule has 1 atom stereocenters. The van der Waals surface area contributed by atoms with Gasteiger partial charge in [0.1, 0.15) is 5.69 Å². The van der Waals surface area contributed by atoms with E-state index in [2.05, 4.69) is 75.9 Å². The summed E-state index contributed by atoms with van der Waals surface area (Å²) in [7, 11) is 0. The molecule has 3 aliphatic heterocycles. The average molecular weight is 408 g/mol. The predicted molar refractivity (Wildman–Crippen MR) is 115 cm³/mol. The predicted octanol–water partition coefficient (Wildman–Crippen LogP) is 4.12. The number of rotatable bonds is 1. The zero-order chi connectivity index (χ0) is 20.4. The van der Waals surface area contributed by atoms with E-state index in [-0.39, 0.29) is 12.8 Å². The third-order valence-electron chi connectivity index (χ3n) is 6.57. The molecule has 0 bridgehead atoms. The van der Waals surface area contributed by atoms with E-state index in [1.165, 1.54) is 16.7 Å². The van der Waals surface area contributed by atoms with E-state index in [0.29, 0.717) is 0 Å². The molecule has 31 heavy (non-hydrogen) atoms. The van der Waals surface area contributed by atoms with Crippen LogP contribution in [-0.4, -0.2) is 33.2 Å². The van der Waals surface area contributed by atoms with Gasteiger partial charge in [0, 0.05) is 24.7 Å². The molecule has 7 rings (SSSR count). The first kappa shape index (κ1) is 17.1. The van der Waals surface area contributed by atoms with Crippen molar-refractivity contribution in [3.8, 4) is 28.4 Å². The summed E-state index contributed by atoms with van der Waals surface area (Å²) in [6.45, 7) is 2.06. The third-order valence-corrected chi connectivity index (χ3v) is 6.57. The van der Waals surface area contributed by atoms with Gasteiger partial charge >= 0.3 is 0 Å². The molecule has 6 nitrogen and oxygen atoms in total. The smallest absolute Gasteiger partial charge is 0.231 e. The van der Waals surface area contributed by atoms with E-state index < -0.39 is 0 Å². The maximum absolute atomic E-state index is 5.69. The Hall–Kier alpha value is -3.64. The highest BCUT2D eigenvalue weighted by atomic mass is 16.7. The van der Waals surface area contributed by atoms with Crippen molar-refractivity contribution >= 4 is 0 Å². The normalized spacial score (nSPS) is 18.5. The van der Waals surface area contributed by atoms with Crippen LogP contribution in [0, 0.1) is 0 Å². The number of nitrogens with zero attached hydrogens (tertiary/aromatic N) is 4. The summed E-state index contributed by atoms with van der Waals surface area (Å²) < 4.78 is 13.4. The Bertz CT molecular complexity index is 1310. The minimum Gasteiger partial charge on any atom is -0.454 e. The summed E-state index contributed by atoms with van der Waals surface area (Å²) in [6.07, 6.45) is 1.04. The first-order valence-electron chi connectivity index (χ1n) is 10.6. The molecule has 0 amide bonds. The summed E-state index contributed by atoms with van der Waals surface area (Å²) in [4.78, 5) is 2.54. The van der Waals surface area contributed by atoms with Gasteiger partial charge in [-0.1, -0.05) is 59.8 Å². The summed E-state index contributed by atoms with van der Waals surface area (Å²) >= 11 is 0. The van der Waals surface area contributed by atoms with Crippen molar-refractivity contribution in [2.75, 3.05) is 13.3 Å². The van der Waals surface area contributed by atoms with Crippen LogP contribution >= 0.6 is 0 Å². The first-order chi connectivity index (χ1) is 15.4. The topological polar surface area (TPSA) is 52.4 Å². The van der Waals surface area contributed by atoms with E-state index in [0.717, 1.165) is 53.6 Å². The lowest BCUT2D eigenvalue weighted by Crippen LogP contribution is -2.35. The van der Waals surface area contributed by atoms with Crippen molar-refractivity contribution in [1.82, 2.24) is 19.9 Å². The number of aromatic nitrogens is 3. The molecule has 4 aromatic rings. The Kier molecular flexibility index (Phi) is 3.54. The van der Waals surface area contributed by atoms with Gasteiger partial charge in [0.15, 0.2) is 11.5 Å². The monoisotopic (exact) mass is 408 g/mol. The first-order valence-corrected chi connectivity index (χ1v) is 10.6. The number of hydrogen-bond acceptors (Lipinski definition) is 5. The number of hydrogen-bond donors (Lipinski definition) is 0. The lowest BCUT2D eigenvalue weighted by Gasteiger charge is -2.36. The number of ether oxygens (including phenoxy) is 2. The second-order valence-electron chi connectivity index (χ2n) is 8.26. The maximum atomic E-state index is 5.69. The van der Waals surface area contributed by atoms with E-state index in [1.807, 2.05) is 10.7 Å². The SMILES string of the molecule is c1ccc(-c2nnn3c2C2c4ccccc4CCN2Cc2cc4c(cc2-3)OCO4)cc1. The lowest BCUT2D eigenvalue weighted by atomic mass is 9.89. The van der Waals surface area contributed by atoms with Gasteiger partial charge in [-0.25, -0.2) is 4.68 Å². The average Bonchev–Trinajstić information content (AvgIpc) is 3.43. The second-order valence-corrected chi connectivity index (χ2v) is 8.26. The van der Waals surface area contributed by atoms with Crippen LogP contribution in [0.2, 0.25) is 0 Å². The molecule has 0 saturated carbocycles. The molecule has 0 spiro atoms. The molecule has 4 heterocycles.